The largest absolute Gasteiger partial charge is 0.492 e. The van der Waals surface area contributed by atoms with E-state index in [0.717, 1.165) is 35.9 Å². The van der Waals surface area contributed by atoms with E-state index in [2.05, 4.69) is 53.0 Å². The second kappa shape index (κ2) is 11.0. The van der Waals surface area contributed by atoms with Gasteiger partial charge in [-0.25, -0.2) is 0 Å². The van der Waals surface area contributed by atoms with Gasteiger partial charge >= 0.3 is 0 Å². The molecular weight excluding hydrogens is 479 g/mol. The molecule has 0 saturated heterocycles. The van der Waals surface area contributed by atoms with Gasteiger partial charge in [-0.2, -0.15) is 0 Å². The lowest BCUT2D eigenvalue weighted by molar-refractivity contribution is -0.116. The van der Waals surface area contributed by atoms with Crippen LogP contribution in [0, 0.1) is 13.8 Å². The highest BCUT2D eigenvalue weighted by molar-refractivity contribution is 14.0. The van der Waals surface area contributed by atoms with Gasteiger partial charge in [0.1, 0.15) is 12.4 Å². The number of ether oxygens (including phenoxy) is 1. The molecule has 0 radical (unpaired) electrons. The summed E-state index contributed by atoms with van der Waals surface area (Å²) in [6.45, 7) is 6.11. The van der Waals surface area contributed by atoms with Crippen molar-refractivity contribution < 1.29 is 9.53 Å². The summed E-state index contributed by atoms with van der Waals surface area (Å²) in [4.78, 5) is 15.7. The van der Waals surface area contributed by atoms with Gasteiger partial charge in [0.05, 0.1) is 6.54 Å². The van der Waals surface area contributed by atoms with Crippen LogP contribution in [-0.4, -0.2) is 32.1 Å². The predicted octanol–water partition coefficient (Wildman–Crippen LogP) is 3.55. The second-order valence-electron chi connectivity index (χ2n) is 7.00. The molecule has 1 amide bonds. The van der Waals surface area contributed by atoms with Crippen LogP contribution in [0.1, 0.15) is 28.7 Å². The molecule has 1 aliphatic rings. The van der Waals surface area contributed by atoms with Gasteiger partial charge in [0.2, 0.25) is 5.91 Å². The third kappa shape index (κ3) is 6.62. The molecule has 0 fully saturated rings. The fourth-order valence-corrected chi connectivity index (χ4v) is 3.23. The molecule has 0 atom stereocenters. The fourth-order valence-electron chi connectivity index (χ4n) is 3.23. The van der Waals surface area contributed by atoms with Gasteiger partial charge in [-0.1, -0.05) is 23.8 Å². The summed E-state index contributed by atoms with van der Waals surface area (Å²) in [5.74, 6) is 1.64. The third-order valence-corrected chi connectivity index (χ3v) is 4.80. The van der Waals surface area contributed by atoms with E-state index in [1.54, 1.807) is 7.05 Å². The average molecular weight is 508 g/mol. The summed E-state index contributed by atoms with van der Waals surface area (Å²) in [5.41, 5.74) is 5.81. The summed E-state index contributed by atoms with van der Waals surface area (Å²) in [5, 5.41) is 9.48. The van der Waals surface area contributed by atoms with E-state index >= 15 is 0 Å². The maximum atomic E-state index is 11.4. The van der Waals surface area contributed by atoms with Crippen LogP contribution >= 0.6 is 24.0 Å². The van der Waals surface area contributed by atoms with Gasteiger partial charge in [0.25, 0.3) is 0 Å². The number of hydrogen-bond acceptors (Lipinski definition) is 3. The van der Waals surface area contributed by atoms with E-state index in [9.17, 15) is 4.79 Å². The number of nitrogens with zero attached hydrogens (tertiary/aromatic N) is 1. The Labute approximate surface area is 189 Å². The number of anilines is 1. The molecule has 2 aromatic carbocycles. The molecule has 1 aliphatic heterocycles. The highest BCUT2D eigenvalue weighted by Crippen LogP contribution is 2.26. The standard InChI is InChI=1S/C22H28N4O2.HI/c1-15-4-5-18(16(2)12-15)14-25-22(23-3)24-10-11-28-19-7-8-20-17(13-19)6-9-21(27)26-20;/h4-5,7-8,12-13H,6,9-11,14H2,1-3H3,(H,26,27)(H2,23,24,25);1H. The SMILES string of the molecule is CN=C(NCCOc1ccc2c(c1)CCC(=O)N2)NCc1ccc(C)cc1C.I. The lowest BCUT2D eigenvalue weighted by Crippen LogP contribution is -2.39. The first kappa shape index (κ1) is 23.0. The molecule has 0 spiro atoms. The van der Waals surface area contributed by atoms with Gasteiger partial charge in [0.15, 0.2) is 5.96 Å². The monoisotopic (exact) mass is 508 g/mol. The van der Waals surface area contributed by atoms with Crippen LogP contribution in [-0.2, 0) is 17.8 Å². The molecule has 7 heteroatoms. The Kier molecular flexibility index (Phi) is 8.75. The average Bonchev–Trinajstić information content (AvgIpc) is 2.68. The van der Waals surface area contributed by atoms with Gasteiger partial charge < -0.3 is 20.7 Å². The van der Waals surface area contributed by atoms with E-state index < -0.39 is 0 Å². The normalized spacial score (nSPS) is 13.1. The molecule has 0 unspecified atom stereocenters. The van der Waals surface area contributed by atoms with Crippen molar-refractivity contribution in [1.29, 1.82) is 0 Å². The summed E-state index contributed by atoms with van der Waals surface area (Å²) in [6, 6.07) is 12.2. The topological polar surface area (TPSA) is 74.8 Å². The van der Waals surface area contributed by atoms with Crippen molar-refractivity contribution >= 4 is 41.5 Å². The molecule has 29 heavy (non-hydrogen) atoms. The number of benzene rings is 2. The second-order valence-corrected chi connectivity index (χ2v) is 7.00. The molecule has 0 bridgehead atoms. The molecule has 0 aromatic heterocycles. The van der Waals surface area contributed by atoms with Gasteiger partial charge in [-0.15, -0.1) is 24.0 Å². The zero-order valence-electron chi connectivity index (χ0n) is 17.2. The number of halogens is 1. The van der Waals surface area contributed by atoms with E-state index in [1.165, 1.54) is 16.7 Å². The number of nitrogens with one attached hydrogen (secondary N) is 3. The van der Waals surface area contributed by atoms with Crippen molar-refractivity contribution in [2.24, 2.45) is 4.99 Å². The first-order valence-corrected chi connectivity index (χ1v) is 9.61. The summed E-state index contributed by atoms with van der Waals surface area (Å²) in [6.07, 6.45) is 1.28. The first-order valence-electron chi connectivity index (χ1n) is 9.61. The van der Waals surface area contributed by atoms with Crippen LogP contribution in [0.3, 0.4) is 0 Å². The predicted molar refractivity (Wildman–Crippen MR) is 128 cm³/mol. The molecular formula is C22H29IN4O2. The van der Waals surface area contributed by atoms with Crippen molar-refractivity contribution in [3.8, 4) is 5.75 Å². The number of aryl methyl sites for hydroxylation is 3. The molecule has 6 nitrogen and oxygen atoms in total. The number of carbonyl (C=O) groups excluding carboxylic acids is 1. The minimum absolute atomic E-state index is 0. The number of guanidine groups is 1. The first-order chi connectivity index (χ1) is 13.5. The molecule has 0 aliphatic carbocycles. The van der Waals surface area contributed by atoms with Gasteiger partial charge in [0, 0.05) is 25.7 Å². The number of rotatable bonds is 6. The van der Waals surface area contributed by atoms with Crippen molar-refractivity contribution in [2.45, 2.75) is 33.2 Å². The zero-order valence-corrected chi connectivity index (χ0v) is 19.5. The van der Waals surface area contributed by atoms with Gasteiger partial charge in [-0.05, 0) is 55.2 Å². The lowest BCUT2D eigenvalue weighted by atomic mass is 10.0. The summed E-state index contributed by atoms with van der Waals surface area (Å²) < 4.78 is 5.83. The minimum atomic E-state index is 0. The number of hydrogen-bond donors (Lipinski definition) is 3. The quantitative estimate of drug-likeness (QED) is 0.242. The number of aliphatic imine (C=N–C) groups is 1. The Morgan fingerprint density at radius 2 is 1.97 bits per heavy atom. The van der Waals surface area contributed by atoms with Crippen LogP contribution in [0.25, 0.3) is 0 Å². The van der Waals surface area contributed by atoms with E-state index in [-0.39, 0.29) is 29.9 Å². The molecule has 3 N–H and O–H groups in total. The van der Waals surface area contributed by atoms with Crippen LogP contribution in [0.4, 0.5) is 5.69 Å². The van der Waals surface area contributed by atoms with Gasteiger partial charge in [-0.3, -0.25) is 9.79 Å². The molecule has 2 aromatic rings. The number of amides is 1. The van der Waals surface area contributed by atoms with Crippen LogP contribution in [0.5, 0.6) is 5.75 Å². The molecule has 3 rings (SSSR count). The molecule has 0 saturated carbocycles. The summed E-state index contributed by atoms with van der Waals surface area (Å²) in [7, 11) is 1.76. The van der Waals surface area contributed by atoms with Crippen LogP contribution < -0.4 is 20.7 Å². The molecule has 156 valence electrons. The Morgan fingerprint density at radius 1 is 1.14 bits per heavy atom. The summed E-state index contributed by atoms with van der Waals surface area (Å²) >= 11 is 0. The highest BCUT2D eigenvalue weighted by Gasteiger charge is 2.14. The van der Waals surface area contributed by atoms with Crippen LogP contribution in [0.15, 0.2) is 41.4 Å². The maximum Gasteiger partial charge on any atom is 0.224 e. The van der Waals surface area contributed by atoms with Crippen molar-refractivity contribution in [3.05, 3.63) is 58.7 Å². The van der Waals surface area contributed by atoms with Crippen molar-refractivity contribution in [1.82, 2.24) is 10.6 Å². The van der Waals surface area contributed by atoms with E-state index in [0.29, 0.717) is 19.6 Å². The Morgan fingerprint density at radius 3 is 2.72 bits per heavy atom. The Balaban J connectivity index is 0.00000300. The number of carbonyl (C=O) groups is 1. The number of fused-ring (bicyclic) bond motifs is 1. The molecule has 1 heterocycles. The zero-order chi connectivity index (χ0) is 19.9. The van der Waals surface area contributed by atoms with Crippen molar-refractivity contribution in [2.75, 3.05) is 25.5 Å². The Bertz CT molecular complexity index is 883. The Hall–Kier alpha value is -2.29. The highest BCUT2D eigenvalue weighted by atomic mass is 127. The minimum Gasteiger partial charge on any atom is -0.492 e. The van der Waals surface area contributed by atoms with E-state index in [1.807, 2.05) is 18.2 Å². The van der Waals surface area contributed by atoms with Crippen molar-refractivity contribution in [3.63, 3.8) is 0 Å². The lowest BCUT2D eigenvalue weighted by Gasteiger charge is -2.18. The fraction of sp³-hybridized carbons (Fsp3) is 0.364. The van der Waals surface area contributed by atoms with E-state index in [4.69, 9.17) is 4.74 Å². The third-order valence-electron chi connectivity index (χ3n) is 4.80. The smallest absolute Gasteiger partial charge is 0.224 e. The maximum absolute atomic E-state index is 11.4. The van der Waals surface area contributed by atoms with Crippen LogP contribution in [0.2, 0.25) is 0 Å².